The summed E-state index contributed by atoms with van der Waals surface area (Å²) in [5, 5.41) is 0.976. The average molecular weight is 460 g/mol. The third-order valence-corrected chi connectivity index (χ3v) is 7.81. The van der Waals surface area contributed by atoms with Crippen LogP contribution in [0.3, 0.4) is 0 Å². The lowest BCUT2D eigenvalue weighted by molar-refractivity contribution is 0.0648. The molecule has 0 saturated carbocycles. The third-order valence-electron chi connectivity index (χ3n) is 5.80. The van der Waals surface area contributed by atoms with Gasteiger partial charge in [-0.05, 0) is 55.2 Å². The fourth-order valence-corrected chi connectivity index (χ4v) is 5.73. The molecule has 4 rings (SSSR count). The van der Waals surface area contributed by atoms with Crippen LogP contribution in [-0.4, -0.2) is 36.8 Å². The summed E-state index contributed by atoms with van der Waals surface area (Å²) in [5.74, 6) is -0.675. The third kappa shape index (κ3) is 4.38. The summed E-state index contributed by atoms with van der Waals surface area (Å²) >= 11 is 5.96. The van der Waals surface area contributed by atoms with Crippen LogP contribution in [0.1, 0.15) is 33.7 Å². The first kappa shape index (κ1) is 21.6. The van der Waals surface area contributed by atoms with Gasteiger partial charge >= 0.3 is 0 Å². The van der Waals surface area contributed by atoms with E-state index in [1.165, 1.54) is 11.0 Å². The Labute approximate surface area is 185 Å². The smallest absolute Gasteiger partial charge is 0.290 e. The van der Waals surface area contributed by atoms with E-state index in [9.17, 15) is 18.0 Å². The summed E-state index contributed by atoms with van der Waals surface area (Å²) in [6, 6.07) is 11.2. The number of rotatable bonds is 4. The molecule has 0 radical (unpaired) electrons. The normalized spacial score (nSPS) is 17.7. The van der Waals surface area contributed by atoms with Crippen LogP contribution in [0, 0.1) is 13.8 Å². The molecule has 6 nitrogen and oxygen atoms in total. The van der Waals surface area contributed by atoms with Gasteiger partial charge in [-0.2, -0.15) is 0 Å². The van der Waals surface area contributed by atoms with E-state index in [0.29, 0.717) is 22.4 Å². The second-order valence-electron chi connectivity index (χ2n) is 7.98. The quantitative estimate of drug-likeness (QED) is 0.590. The molecule has 2 aromatic carbocycles. The maximum atomic E-state index is 13.5. The number of carbonyl (C=O) groups excluding carboxylic acids is 1. The minimum absolute atomic E-state index is 0.0298. The highest BCUT2D eigenvalue weighted by molar-refractivity contribution is 7.91. The number of benzene rings is 2. The van der Waals surface area contributed by atoms with Gasteiger partial charge in [0.05, 0.1) is 16.9 Å². The minimum atomic E-state index is -3.22. The van der Waals surface area contributed by atoms with Crippen molar-refractivity contribution in [2.45, 2.75) is 32.9 Å². The van der Waals surface area contributed by atoms with Crippen LogP contribution in [0.5, 0.6) is 0 Å². The Bertz CT molecular complexity index is 1330. The van der Waals surface area contributed by atoms with Gasteiger partial charge in [0.25, 0.3) is 5.91 Å². The number of nitrogens with zero attached hydrogens (tertiary/aromatic N) is 1. The first-order chi connectivity index (χ1) is 14.6. The lowest BCUT2D eigenvalue weighted by Crippen LogP contribution is -2.40. The largest absolute Gasteiger partial charge is 0.450 e. The molecule has 1 fully saturated rings. The molecule has 8 heteroatoms. The molecule has 1 unspecified atom stereocenters. The number of fused-ring (bicyclic) bond motifs is 1. The van der Waals surface area contributed by atoms with Gasteiger partial charge in [0.15, 0.2) is 21.0 Å². The highest BCUT2D eigenvalue weighted by atomic mass is 35.5. The topological polar surface area (TPSA) is 84.7 Å². The van der Waals surface area contributed by atoms with E-state index in [2.05, 4.69) is 0 Å². The molecule has 0 N–H and O–H groups in total. The van der Waals surface area contributed by atoms with Gasteiger partial charge in [0.1, 0.15) is 5.58 Å². The Kier molecular flexibility index (Phi) is 5.66. The Morgan fingerprint density at radius 3 is 2.52 bits per heavy atom. The van der Waals surface area contributed by atoms with Gasteiger partial charge in [-0.3, -0.25) is 9.59 Å². The van der Waals surface area contributed by atoms with Crippen molar-refractivity contribution in [3.63, 3.8) is 0 Å². The molecular weight excluding hydrogens is 438 g/mol. The fourth-order valence-electron chi connectivity index (χ4n) is 3.87. The molecule has 1 aromatic heterocycles. The van der Waals surface area contributed by atoms with Crippen molar-refractivity contribution in [1.82, 2.24) is 4.90 Å². The number of hydrogen-bond donors (Lipinski definition) is 0. The highest BCUT2D eigenvalue weighted by Gasteiger charge is 2.36. The summed E-state index contributed by atoms with van der Waals surface area (Å²) in [6.45, 7) is 3.92. The average Bonchev–Trinajstić information content (AvgIpc) is 3.09. The van der Waals surface area contributed by atoms with E-state index in [0.717, 1.165) is 16.7 Å². The number of aryl methyl sites for hydroxylation is 2. The van der Waals surface area contributed by atoms with Crippen LogP contribution < -0.4 is 5.43 Å². The van der Waals surface area contributed by atoms with Crippen LogP contribution in [0.25, 0.3) is 11.0 Å². The molecular formula is C23H22ClNO5S. The lowest BCUT2D eigenvalue weighted by atomic mass is 10.1. The number of halogens is 1. The maximum Gasteiger partial charge on any atom is 0.290 e. The number of amides is 1. The van der Waals surface area contributed by atoms with E-state index < -0.39 is 21.8 Å². The van der Waals surface area contributed by atoms with Gasteiger partial charge in [0, 0.05) is 23.7 Å². The molecule has 3 aromatic rings. The molecule has 0 aliphatic carbocycles. The second kappa shape index (κ2) is 8.13. The van der Waals surface area contributed by atoms with Crippen LogP contribution in [0.2, 0.25) is 5.02 Å². The number of carbonyl (C=O) groups is 1. The Morgan fingerprint density at radius 1 is 1.16 bits per heavy atom. The zero-order valence-corrected chi connectivity index (χ0v) is 18.8. The van der Waals surface area contributed by atoms with Crippen molar-refractivity contribution in [3.8, 4) is 0 Å². The summed E-state index contributed by atoms with van der Waals surface area (Å²) in [6.07, 6.45) is 0.345. The lowest BCUT2D eigenvalue weighted by Gasteiger charge is -2.28. The molecule has 1 aliphatic rings. The Morgan fingerprint density at radius 2 is 1.87 bits per heavy atom. The van der Waals surface area contributed by atoms with Crippen molar-refractivity contribution >= 4 is 38.3 Å². The molecule has 0 spiro atoms. The predicted molar refractivity (Wildman–Crippen MR) is 120 cm³/mol. The SMILES string of the molecule is Cc1ccc2c(=O)cc(C(=O)N(Cc3ccc(Cl)cc3)C3CCS(=O)(=O)C3)oc2c1C. The van der Waals surface area contributed by atoms with Gasteiger partial charge in [-0.15, -0.1) is 0 Å². The predicted octanol–water partition coefficient (Wildman–Crippen LogP) is 3.89. The van der Waals surface area contributed by atoms with Gasteiger partial charge in [-0.25, -0.2) is 8.42 Å². The number of sulfone groups is 1. The molecule has 2 heterocycles. The summed E-state index contributed by atoms with van der Waals surface area (Å²) in [7, 11) is -3.22. The summed E-state index contributed by atoms with van der Waals surface area (Å²) in [4.78, 5) is 27.6. The second-order valence-corrected chi connectivity index (χ2v) is 10.6. The van der Waals surface area contributed by atoms with E-state index in [-0.39, 0.29) is 29.2 Å². The van der Waals surface area contributed by atoms with Crippen LogP contribution in [0.4, 0.5) is 0 Å². The van der Waals surface area contributed by atoms with E-state index >= 15 is 0 Å². The van der Waals surface area contributed by atoms with Gasteiger partial charge < -0.3 is 9.32 Å². The maximum absolute atomic E-state index is 13.5. The van der Waals surface area contributed by atoms with Gasteiger partial charge in [-0.1, -0.05) is 29.8 Å². The van der Waals surface area contributed by atoms with Crippen molar-refractivity contribution in [2.75, 3.05) is 11.5 Å². The van der Waals surface area contributed by atoms with Crippen LogP contribution in [0.15, 0.2) is 51.7 Å². The first-order valence-electron chi connectivity index (χ1n) is 9.94. The Balaban J connectivity index is 1.77. The molecule has 1 atom stereocenters. The standard InChI is InChI=1S/C23H22ClNO5S/c1-14-3-8-19-20(26)11-21(30-22(19)15(14)2)23(27)25(18-9-10-31(28,29)13-18)12-16-4-6-17(24)7-5-16/h3-8,11,18H,9-10,12-13H2,1-2H3. The molecule has 1 amide bonds. The zero-order chi connectivity index (χ0) is 22.3. The van der Waals surface area contributed by atoms with Crippen molar-refractivity contribution in [1.29, 1.82) is 0 Å². The fraction of sp³-hybridized carbons (Fsp3) is 0.304. The van der Waals surface area contributed by atoms with E-state index in [1.54, 1.807) is 30.3 Å². The summed E-state index contributed by atoms with van der Waals surface area (Å²) < 4.78 is 30.1. The zero-order valence-electron chi connectivity index (χ0n) is 17.2. The Hall–Kier alpha value is -2.64. The van der Waals surface area contributed by atoms with Gasteiger partial charge in [0.2, 0.25) is 0 Å². The van der Waals surface area contributed by atoms with E-state index in [1.807, 2.05) is 19.9 Å². The van der Waals surface area contributed by atoms with Crippen LogP contribution >= 0.6 is 11.6 Å². The molecule has 1 aliphatic heterocycles. The highest BCUT2D eigenvalue weighted by Crippen LogP contribution is 2.25. The molecule has 1 saturated heterocycles. The number of hydrogen-bond acceptors (Lipinski definition) is 5. The molecule has 31 heavy (non-hydrogen) atoms. The first-order valence-corrected chi connectivity index (χ1v) is 12.1. The molecule has 0 bridgehead atoms. The summed E-state index contributed by atoms with van der Waals surface area (Å²) in [5.41, 5.74) is 2.61. The molecule has 162 valence electrons. The van der Waals surface area contributed by atoms with E-state index in [4.69, 9.17) is 16.0 Å². The monoisotopic (exact) mass is 459 g/mol. The van der Waals surface area contributed by atoms with Crippen molar-refractivity contribution in [2.24, 2.45) is 0 Å². The van der Waals surface area contributed by atoms with Crippen molar-refractivity contribution < 1.29 is 17.6 Å². The van der Waals surface area contributed by atoms with Crippen molar-refractivity contribution in [3.05, 3.63) is 80.2 Å². The van der Waals surface area contributed by atoms with Crippen LogP contribution in [-0.2, 0) is 16.4 Å². The minimum Gasteiger partial charge on any atom is -0.450 e.